The minimum atomic E-state index is -3.16. The number of esters is 1. The van der Waals surface area contributed by atoms with Crippen molar-refractivity contribution in [2.75, 3.05) is 20.9 Å². The molecule has 78 valence electrons. The predicted molar refractivity (Wildman–Crippen MR) is 47.7 cm³/mol. The number of rotatable bonds is 4. The molecule has 0 aromatic carbocycles. The van der Waals surface area contributed by atoms with Crippen LogP contribution in [0.4, 0.5) is 0 Å². The Bertz CT molecular complexity index is 235. The Morgan fingerprint density at radius 1 is 1.31 bits per heavy atom. The van der Waals surface area contributed by atoms with Gasteiger partial charge in [0, 0.05) is 13.8 Å². The summed E-state index contributed by atoms with van der Waals surface area (Å²) in [4.78, 5) is 11.1. The van der Waals surface area contributed by atoms with Gasteiger partial charge in [-0.25, -0.2) is 4.79 Å². The fourth-order valence-corrected chi connectivity index (χ4v) is 1.71. The highest BCUT2D eigenvalue weighted by Gasteiger charge is 2.36. The summed E-state index contributed by atoms with van der Waals surface area (Å²) in [6, 6.07) is 0. The summed E-state index contributed by atoms with van der Waals surface area (Å²) < 4.78 is 25.4. The number of hydrogen-bond donors (Lipinski definition) is 0. The van der Waals surface area contributed by atoms with Gasteiger partial charge in [-0.15, -0.1) is 0 Å². The average molecular weight is 210 g/mol. The zero-order valence-electron chi connectivity index (χ0n) is 8.49. The van der Waals surface area contributed by atoms with Gasteiger partial charge < -0.3 is 9.26 Å². The lowest BCUT2D eigenvalue weighted by Crippen LogP contribution is -2.35. The van der Waals surface area contributed by atoms with Crippen molar-refractivity contribution in [3.63, 3.8) is 0 Å². The van der Waals surface area contributed by atoms with Gasteiger partial charge in [0.1, 0.15) is 0 Å². The van der Waals surface area contributed by atoms with Crippen molar-refractivity contribution in [2.24, 2.45) is 0 Å². The predicted octanol–water partition coefficient (Wildman–Crippen LogP) is 1.42. The largest absolute Gasteiger partial charge is 0.467 e. The van der Waals surface area contributed by atoms with Gasteiger partial charge >= 0.3 is 13.6 Å². The molecular weight excluding hydrogens is 195 g/mol. The summed E-state index contributed by atoms with van der Waals surface area (Å²) in [7, 11) is -0.668. The molecule has 1 unspecified atom stereocenters. The Morgan fingerprint density at radius 2 is 1.77 bits per heavy atom. The number of carbonyl (C=O) groups is 1. The van der Waals surface area contributed by atoms with Crippen molar-refractivity contribution >= 4 is 13.6 Å². The van der Waals surface area contributed by atoms with Crippen LogP contribution in [0.1, 0.15) is 13.8 Å². The maximum Gasteiger partial charge on any atom is 0.338 e. The first-order valence-corrected chi connectivity index (χ1v) is 5.66. The molecule has 1 atom stereocenters. The minimum Gasteiger partial charge on any atom is -0.467 e. The maximum atomic E-state index is 11.4. The highest BCUT2D eigenvalue weighted by Crippen LogP contribution is 2.46. The van der Waals surface area contributed by atoms with Crippen LogP contribution in [0.25, 0.3) is 0 Å². The zero-order chi connectivity index (χ0) is 10.7. The summed E-state index contributed by atoms with van der Waals surface area (Å²) in [6.45, 7) is 4.22. The van der Waals surface area contributed by atoms with Crippen molar-refractivity contribution in [3.8, 4) is 0 Å². The van der Waals surface area contributed by atoms with E-state index in [-0.39, 0.29) is 0 Å². The molecule has 5 nitrogen and oxygen atoms in total. The van der Waals surface area contributed by atoms with E-state index in [2.05, 4.69) is 9.26 Å². The Balaban J connectivity index is 4.51. The smallest absolute Gasteiger partial charge is 0.338 e. The van der Waals surface area contributed by atoms with Gasteiger partial charge in [0.2, 0.25) is 0 Å². The standard InChI is InChI=1S/C7H15O5P/c1-7(2,6(8)10-3)12-13(5,9)11-4/h1-5H3. The van der Waals surface area contributed by atoms with E-state index in [1.807, 2.05) is 0 Å². The molecule has 0 bridgehead atoms. The van der Waals surface area contributed by atoms with Crippen LogP contribution in [0.3, 0.4) is 0 Å². The SMILES string of the molecule is COC(=O)C(C)(C)OP(C)(=O)OC. The molecule has 0 saturated heterocycles. The van der Waals surface area contributed by atoms with Crippen molar-refractivity contribution in [3.05, 3.63) is 0 Å². The minimum absolute atomic E-state index is 0.591. The lowest BCUT2D eigenvalue weighted by Gasteiger charge is -2.24. The van der Waals surface area contributed by atoms with Gasteiger partial charge in [0.25, 0.3) is 0 Å². The number of carbonyl (C=O) groups excluding carboxylic acids is 1. The Labute approximate surface area is 77.9 Å². The van der Waals surface area contributed by atoms with E-state index in [0.29, 0.717) is 0 Å². The lowest BCUT2D eigenvalue weighted by molar-refractivity contribution is -0.156. The molecule has 0 saturated carbocycles. The molecule has 0 radical (unpaired) electrons. The van der Waals surface area contributed by atoms with Crippen molar-refractivity contribution in [1.29, 1.82) is 0 Å². The van der Waals surface area contributed by atoms with Crippen molar-refractivity contribution < 1.29 is 23.1 Å². The van der Waals surface area contributed by atoms with Crippen LogP contribution in [-0.2, 0) is 23.1 Å². The normalized spacial score (nSPS) is 16.4. The second kappa shape index (κ2) is 4.22. The molecular formula is C7H15O5P. The molecule has 0 amide bonds. The number of hydrogen-bond acceptors (Lipinski definition) is 5. The van der Waals surface area contributed by atoms with Gasteiger partial charge in [-0.05, 0) is 13.8 Å². The highest BCUT2D eigenvalue weighted by molar-refractivity contribution is 7.53. The Kier molecular flexibility index (Phi) is 4.10. The molecule has 0 rings (SSSR count). The monoisotopic (exact) mass is 210 g/mol. The van der Waals surface area contributed by atoms with Gasteiger partial charge in [-0.2, -0.15) is 0 Å². The molecule has 0 aromatic rings. The average Bonchev–Trinajstić information content (AvgIpc) is 2.01. The summed E-state index contributed by atoms with van der Waals surface area (Å²) in [5.41, 5.74) is -1.25. The summed E-state index contributed by atoms with van der Waals surface area (Å²) >= 11 is 0. The summed E-state index contributed by atoms with van der Waals surface area (Å²) in [5.74, 6) is -0.591. The van der Waals surface area contributed by atoms with Gasteiger partial charge in [0.15, 0.2) is 5.60 Å². The van der Waals surface area contributed by atoms with E-state index in [9.17, 15) is 9.36 Å². The second-order valence-electron chi connectivity index (χ2n) is 3.05. The fourth-order valence-electron chi connectivity index (χ4n) is 0.735. The van der Waals surface area contributed by atoms with E-state index >= 15 is 0 Å². The topological polar surface area (TPSA) is 61.8 Å². The summed E-state index contributed by atoms with van der Waals surface area (Å²) in [6.07, 6.45) is 0. The summed E-state index contributed by atoms with van der Waals surface area (Å²) in [5, 5.41) is 0. The first kappa shape index (κ1) is 12.6. The molecule has 0 heterocycles. The number of methoxy groups -OCH3 is 1. The molecule has 13 heavy (non-hydrogen) atoms. The lowest BCUT2D eigenvalue weighted by atomic mass is 10.1. The van der Waals surface area contributed by atoms with Crippen molar-refractivity contribution in [1.82, 2.24) is 0 Å². The van der Waals surface area contributed by atoms with Crippen LogP contribution >= 0.6 is 7.60 Å². The molecule has 0 aliphatic rings. The maximum absolute atomic E-state index is 11.4. The Hall–Kier alpha value is -0.380. The van der Waals surface area contributed by atoms with E-state index in [4.69, 9.17) is 4.52 Å². The molecule has 0 aromatic heterocycles. The fraction of sp³-hybridized carbons (Fsp3) is 0.857. The molecule has 6 heteroatoms. The van der Waals surface area contributed by atoms with Crippen LogP contribution in [0.2, 0.25) is 0 Å². The highest BCUT2D eigenvalue weighted by atomic mass is 31.2. The zero-order valence-corrected chi connectivity index (χ0v) is 9.38. The van der Waals surface area contributed by atoms with Crippen LogP contribution < -0.4 is 0 Å². The van der Waals surface area contributed by atoms with Crippen LogP contribution in [0, 0.1) is 0 Å². The van der Waals surface area contributed by atoms with E-state index in [1.54, 1.807) is 0 Å². The first-order chi connectivity index (χ1) is 5.75. The molecule has 0 aliphatic heterocycles. The molecule has 0 fully saturated rings. The third kappa shape index (κ3) is 3.89. The first-order valence-electron chi connectivity index (χ1n) is 3.67. The van der Waals surface area contributed by atoms with E-state index in [0.717, 1.165) is 0 Å². The third-order valence-electron chi connectivity index (χ3n) is 1.40. The van der Waals surface area contributed by atoms with Gasteiger partial charge in [-0.1, -0.05) is 0 Å². The van der Waals surface area contributed by atoms with E-state index < -0.39 is 19.2 Å². The quantitative estimate of drug-likeness (QED) is 0.518. The van der Waals surface area contributed by atoms with Crippen molar-refractivity contribution in [2.45, 2.75) is 19.4 Å². The number of ether oxygens (including phenoxy) is 1. The molecule has 0 N–H and O–H groups in total. The van der Waals surface area contributed by atoms with Gasteiger partial charge in [-0.3, -0.25) is 9.09 Å². The van der Waals surface area contributed by atoms with Gasteiger partial charge in [0.05, 0.1) is 7.11 Å². The van der Waals surface area contributed by atoms with Crippen LogP contribution in [0.15, 0.2) is 0 Å². The molecule has 0 aliphatic carbocycles. The molecule has 0 spiro atoms. The third-order valence-corrected chi connectivity index (χ3v) is 2.85. The van der Waals surface area contributed by atoms with Crippen LogP contribution in [0.5, 0.6) is 0 Å². The second-order valence-corrected chi connectivity index (χ2v) is 5.14. The van der Waals surface area contributed by atoms with Crippen LogP contribution in [-0.4, -0.2) is 32.5 Å². The van der Waals surface area contributed by atoms with E-state index in [1.165, 1.54) is 34.7 Å². The Morgan fingerprint density at radius 3 is 2.08 bits per heavy atom.